The minimum absolute atomic E-state index is 0.0287. The summed E-state index contributed by atoms with van der Waals surface area (Å²) in [6.45, 7) is 7.10. The maximum Gasteiger partial charge on any atom is 0.264 e. The molecule has 0 heterocycles. The first-order chi connectivity index (χ1) is 19.6. The van der Waals surface area contributed by atoms with Gasteiger partial charge < -0.3 is 19.7 Å². The summed E-state index contributed by atoms with van der Waals surface area (Å²) in [5, 5.41) is 2.93. The Morgan fingerprint density at radius 3 is 2.27 bits per heavy atom. The van der Waals surface area contributed by atoms with Gasteiger partial charge in [0, 0.05) is 12.6 Å². The molecular weight excluding hydrogens is 542 g/mol. The molecule has 0 aromatic heterocycles. The van der Waals surface area contributed by atoms with Gasteiger partial charge in [0.1, 0.15) is 24.1 Å². The third-order valence-electron chi connectivity index (χ3n) is 6.70. The van der Waals surface area contributed by atoms with Crippen molar-refractivity contribution >= 4 is 27.5 Å². The van der Waals surface area contributed by atoms with Crippen LogP contribution in [0.4, 0.5) is 5.69 Å². The summed E-state index contributed by atoms with van der Waals surface area (Å²) in [5.41, 5.74) is 0.956. The zero-order valence-electron chi connectivity index (χ0n) is 24.2. The molecule has 3 aromatic rings. The lowest BCUT2D eigenvalue weighted by molar-refractivity contribution is -0.139. The minimum atomic E-state index is -4.19. The lowest BCUT2D eigenvalue weighted by Crippen LogP contribution is -2.52. The van der Waals surface area contributed by atoms with Crippen LogP contribution in [0.5, 0.6) is 11.5 Å². The van der Waals surface area contributed by atoms with Crippen LogP contribution in [0, 0.1) is 0 Å². The van der Waals surface area contributed by atoms with Crippen molar-refractivity contribution in [2.24, 2.45) is 0 Å². The molecule has 0 saturated heterocycles. The molecule has 0 bridgehead atoms. The molecule has 0 spiro atoms. The van der Waals surface area contributed by atoms with Crippen LogP contribution in [0.2, 0.25) is 0 Å². The number of methoxy groups -OCH3 is 1. The number of rotatable bonds is 14. The Kier molecular flexibility index (Phi) is 11.2. The Labute approximate surface area is 243 Å². The van der Waals surface area contributed by atoms with Gasteiger partial charge >= 0.3 is 0 Å². The van der Waals surface area contributed by atoms with Crippen molar-refractivity contribution in [3.05, 3.63) is 84.4 Å². The van der Waals surface area contributed by atoms with E-state index in [1.165, 1.54) is 17.0 Å². The second-order valence-electron chi connectivity index (χ2n) is 9.59. The van der Waals surface area contributed by atoms with Gasteiger partial charge in [0.05, 0.1) is 24.3 Å². The van der Waals surface area contributed by atoms with Gasteiger partial charge in [-0.1, -0.05) is 49.4 Å². The number of ether oxygens (including phenoxy) is 2. The number of nitrogens with one attached hydrogen (secondary N) is 1. The van der Waals surface area contributed by atoms with E-state index in [1.54, 1.807) is 81.6 Å². The van der Waals surface area contributed by atoms with Crippen LogP contribution in [0.1, 0.15) is 39.7 Å². The molecule has 2 atom stereocenters. The van der Waals surface area contributed by atoms with Crippen molar-refractivity contribution in [1.29, 1.82) is 0 Å². The van der Waals surface area contributed by atoms with Crippen LogP contribution >= 0.6 is 0 Å². The topological polar surface area (TPSA) is 105 Å². The van der Waals surface area contributed by atoms with Crippen molar-refractivity contribution in [1.82, 2.24) is 10.2 Å². The molecule has 3 rings (SSSR count). The molecule has 0 aliphatic heterocycles. The van der Waals surface area contributed by atoms with Gasteiger partial charge in [-0.15, -0.1) is 0 Å². The number of hydrogen-bond donors (Lipinski definition) is 1. The van der Waals surface area contributed by atoms with Crippen LogP contribution < -0.4 is 19.1 Å². The second kappa shape index (κ2) is 14.5. The van der Waals surface area contributed by atoms with Gasteiger partial charge in [0.2, 0.25) is 11.8 Å². The lowest BCUT2D eigenvalue weighted by atomic mass is 10.1. The van der Waals surface area contributed by atoms with E-state index in [1.807, 2.05) is 19.9 Å². The summed E-state index contributed by atoms with van der Waals surface area (Å²) in [7, 11) is -2.64. The number of benzene rings is 3. The SMILES string of the molecule is CCOc1ccccc1N(CC(=O)N(Cc1cccc(OC)c1)C(C)C(=O)NC(C)CC)S(=O)(=O)c1ccccc1. The molecule has 9 nitrogen and oxygen atoms in total. The lowest BCUT2D eigenvalue weighted by Gasteiger charge is -2.33. The first-order valence-electron chi connectivity index (χ1n) is 13.6. The number of sulfonamides is 1. The molecule has 2 amide bonds. The Balaban J connectivity index is 2.07. The largest absolute Gasteiger partial charge is 0.497 e. The standard InChI is InChI=1S/C31H39N3O6S/c1-6-23(3)32-31(36)24(4)33(21-25-14-13-15-26(20-25)39-5)30(35)22-34(28-18-11-12-19-29(28)40-7-2)41(37,38)27-16-9-8-10-17-27/h8-20,23-24H,6-7,21-22H2,1-5H3,(H,32,36). The highest BCUT2D eigenvalue weighted by Crippen LogP contribution is 2.33. The number of para-hydroxylation sites is 2. The van der Waals surface area contributed by atoms with Gasteiger partial charge in [-0.25, -0.2) is 8.42 Å². The maximum atomic E-state index is 14.1. The monoisotopic (exact) mass is 581 g/mol. The van der Waals surface area contributed by atoms with E-state index in [0.29, 0.717) is 18.1 Å². The number of hydrogen-bond acceptors (Lipinski definition) is 6. The highest BCUT2D eigenvalue weighted by Gasteiger charge is 2.34. The normalized spacial score (nSPS) is 12.6. The summed E-state index contributed by atoms with van der Waals surface area (Å²) in [5.74, 6) is 0.0444. The van der Waals surface area contributed by atoms with Gasteiger partial charge in [-0.05, 0) is 69.2 Å². The van der Waals surface area contributed by atoms with Crippen molar-refractivity contribution in [3.8, 4) is 11.5 Å². The number of anilines is 1. The number of nitrogens with zero attached hydrogens (tertiary/aromatic N) is 2. The quantitative estimate of drug-likeness (QED) is 0.298. The van der Waals surface area contributed by atoms with Crippen LogP contribution in [0.25, 0.3) is 0 Å². The summed E-state index contributed by atoms with van der Waals surface area (Å²) in [6.07, 6.45) is 0.722. The van der Waals surface area contributed by atoms with Crippen molar-refractivity contribution in [2.75, 3.05) is 24.6 Å². The molecule has 0 fully saturated rings. The van der Waals surface area contributed by atoms with Gasteiger partial charge in [-0.2, -0.15) is 0 Å². The fourth-order valence-corrected chi connectivity index (χ4v) is 5.64. The van der Waals surface area contributed by atoms with Crippen molar-refractivity contribution < 1.29 is 27.5 Å². The second-order valence-corrected chi connectivity index (χ2v) is 11.5. The van der Waals surface area contributed by atoms with Crippen LogP contribution in [0.15, 0.2) is 83.8 Å². The van der Waals surface area contributed by atoms with E-state index >= 15 is 0 Å². The van der Waals surface area contributed by atoms with Crippen molar-refractivity contribution in [3.63, 3.8) is 0 Å². The van der Waals surface area contributed by atoms with E-state index < -0.39 is 28.5 Å². The molecule has 1 N–H and O–H groups in total. The predicted molar refractivity (Wildman–Crippen MR) is 159 cm³/mol. The summed E-state index contributed by atoms with van der Waals surface area (Å²) in [6, 6.07) is 20.8. The maximum absolute atomic E-state index is 14.1. The number of carbonyl (C=O) groups is 2. The van der Waals surface area contributed by atoms with Crippen LogP contribution in [0.3, 0.4) is 0 Å². The Morgan fingerprint density at radius 1 is 0.927 bits per heavy atom. The summed E-state index contributed by atoms with van der Waals surface area (Å²) >= 11 is 0. The molecule has 2 unspecified atom stereocenters. The van der Waals surface area contributed by atoms with E-state index in [0.717, 1.165) is 16.3 Å². The predicted octanol–water partition coefficient (Wildman–Crippen LogP) is 4.62. The number of amides is 2. The molecule has 220 valence electrons. The smallest absolute Gasteiger partial charge is 0.264 e. The first kappa shape index (κ1) is 31.5. The number of carbonyl (C=O) groups excluding carboxylic acids is 2. The van der Waals surface area contributed by atoms with E-state index in [4.69, 9.17) is 9.47 Å². The average molecular weight is 582 g/mol. The highest BCUT2D eigenvalue weighted by molar-refractivity contribution is 7.92. The van der Waals surface area contributed by atoms with Crippen molar-refractivity contribution in [2.45, 2.75) is 57.6 Å². The fourth-order valence-electron chi connectivity index (χ4n) is 4.19. The zero-order valence-corrected chi connectivity index (χ0v) is 25.1. The average Bonchev–Trinajstić information content (AvgIpc) is 2.99. The molecular formula is C31H39N3O6S. The Bertz CT molecular complexity index is 1410. The van der Waals surface area contributed by atoms with E-state index in [9.17, 15) is 18.0 Å². The minimum Gasteiger partial charge on any atom is -0.497 e. The van der Waals surface area contributed by atoms with Crippen LogP contribution in [-0.2, 0) is 26.2 Å². The van der Waals surface area contributed by atoms with E-state index in [2.05, 4.69) is 5.32 Å². The molecule has 3 aromatic carbocycles. The molecule has 0 aliphatic carbocycles. The van der Waals surface area contributed by atoms with Gasteiger partial charge in [0.15, 0.2) is 0 Å². The summed E-state index contributed by atoms with van der Waals surface area (Å²) < 4.78 is 40.1. The molecule has 0 aliphatic rings. The molecule has 41 heavy (non-hydrogen) atoms. The third-order valence-corrected chi connectivity index (χ3v) is 8.47. The Morgan fingerprint density at radius 2 is 1.61 bits per heavy atom. The molecule has 0 radical (unpaired) electrons. The highest BCUT2D eigenvalue weighted by atomic mass is 32.2. The summed E-state index contributed by atoms with van der Waals surface area (Å²) in [4.78, 5) is 28.7. The fraction of sp³-hybridized carbons (Fsp3) is 0.355. The first-order valence-corrected chi connectivity index (χ1v) is 15.1. The molecule has 0 saturated carbocycles. The van der Waals surface area contributed by atoms with Crippen LogP contribution in [-0.4, -0.2) is 57.5 Å². The van der Waals surface area contributed by atoms with Gasteiger partial charge in [-0.3, -0.25) is 13.9 Å². The third kappa shape index (κ3) is 8.00. The van der Waals surface area contributed by atoms with E-state index in [-0.39, 0.29) is 29.1 Å². The Hall–Kier alpha value is -4.05. The molecule has 10 heteroatoms. The van der Waals surface area contributed by atoms with Gasteiger partial charge in [0.25, 0.3) is 10.0 Å². The zero-order chi connectivity index (χ0) is 30.0.